The number of para-hydroxylation sites is 1. The predicted octanol–water partition coefficient (Wildman–Crippen LogP) is 5.40. The Balaban J connectivity index is 1.75. The highest BCUT2D eigenvalue weighted by molar-refractivity contribution is 6.22. The first-order valence-electron chi connectivity index (χ1n) is 6.33. The van der Waals surface area contributed by atoms with E-state index in [1.54, 1.807) is 6.26 Å². The molecule has 1 atom stereocenters. The average Bonchev–Trinajstić information content (AvgIpc) is 3.03. The minimum absolute atomic E-state index is 0.282. The van der Waals surface area contributed by atoms with E-state index in [0.717, 1.165) is 22.8 Å². The zero-order chi connectivity index (χ0) is 13.8. The van der Waals surface area contributed by atoms with Crippen molar-refractivity contribution in [2.75, 3.05) is 0 Å². The lowest BCUT2D eigenvalue weighted by atomic mass is 10.1. The third-order valence-corrected chi connectivity index (χ3v) is 3.41. The van der Waals surface area contributed by atoms with Crippen molar-refractivity contribution in [3.05, 3.63) is 84.3 Å². The molecule has 0 amide bonds. The lowest BCUT2D eigenvalue weighted by Crippen LogP contribution is -1.91. The van der Waals surface area contributed by atoms with E-state index in [0.29, 0.717) is 0 Å². The first-order chi connectivity index (χ1) is 9.83. The molecule has 1 aromatic heterocycles. The van der Waals surface area contributed by atoms with Gasteiger partial charge in [-0.3, -0.25) is 0 Å². The summed E-state index contributed by atoms with van der Waals surface area (Å²) in [5.74, 6) is 2.33. The summed E-state index contributed by atoms with van der Waals surface area (Å²) in [4.78, 5) is 0. The molecule has 0 N–H and O–H groups in total. The molecule has 100 valence electrons. The van der Waals surface area contributed by atoms with Crippen LogP contribution in [0.1, 0.15) is 16.7 Å². The second-order valence-electron chi connectivity index (χ2n) is 4.36. The molecule has 20 heavy (non-hydrogen) atoms. The van der Waals surface area contributed by atoms with Crippen molar-refractivity contribution < 1.29 is 9.15 Å². The van der Waals surface area contributed by atoms with Crippen molar-refractivity contribution in [3.8, 4) is 11.5 Å². The van der Waals surface area contributed by atoms with Crippen LogP contribution in [0, 0.1) is 0 Å². The molecule has 3 rings (SSSR count). The van der Waals surface area contributed by atoms with Gasteiger partial charge in [0.15, 0.2) is 0 Å². The van der Waals surface area contributed by atoms with Gasteiger partial charge in [-0.2, -0.15) is 0 Å². The van der Waals surface area contributed by atoms with Crippen molar-refractivity contribution in [2.45, 2.75) is 5.38 Å². The van der Waals surface area contributed by atoms with E-state index in [4.69, 9.17) is 20.8 Å². The van der Waals surface area contributed by atoms with Gasteiger partial charge in [0.1, 0.15) is 22.6 Å². The molecule has 0 spiro atoms. The molecular weight excluding hydrogens is 272 g/mol. The normalized spacial score (nSPS) is 12.1. The smallest absolute Gasteiger partial charge is 0.127 e. The van der Waals surface area contributed by atoms with Crippen LogP contribution < -0.4 is 4.74 Å². The van der Waals surface area contributed by atoms with Crippen LogP contribution in [0.25, 0.3) is 0 Å². The molecule has 0 aliphatic rings. The number of benzene rings is 2. The average molecular weight is 285 g/mol. The Morgan fingerprint density at radius 3 is 2.15 bits per heavy atom. The van der Waals surface area contributed by atoms with E-state index in [2.05, 4.69) is 0 Å². The molecule has 1 heterocycles. The van der Waals surface area contributed by atoms with Crippen molar-refractivity contribution in [1.29, 1.82) is 0 Å². The molecule has 1 unspecified atom stereocenters. The number of halogens is 1. The van der Waals surface area contributed by atoms with Crippen molar-refractivity contribution >= 4 is 11.6 Å². The van der Waals surface area contributed by atoms with Gasteiger partial charge >= 0.3 is 0 Å². The third kappa shape index (κ3) is 2.86. The van der Waals surface area contributed by atoms with Gasteiger partial charge < -0.3 is 9.15 Å². The van der Waals surface area contributed by atoms with Crippen LogP contribution in [0.5, 0.6) is 11.5 Å². The van der Waals surface area contributed by atoms with Gasteiger partial charge in [-0.15, -0.1) is 11.6 Å². The van der Waals surface area contributed by atoms with Crippen molar-refractivity contribution in [2.24, 2.45) is 0 Å². The molecule has 3 heteroatoms. The van der Waals surface area contributed by atoms with Crippen LogP contribution >= 0.6 is 11.6 Å². The second-order valence-corrected chi connectivity index (χ2v) is 4.80. The number of rotatable bonds is 4. The lowest BCUT2D eigenvalue weighted by Gasteiger charge is -2.09. The molecule has 0 saturated carbocycles. The van der Waals surface area contributed by atoms with Gasteiger partial charge in [-0.05, 0) is 42.0 Å². The monoisotopic (exact) mass is 284 g/mol. The predicted molar refractivity (Wildman–Crippen MR) is 79.4 cm³/mol. The SMILES string of the molecule is ClC(c1ccc(Oc2ccccc2)cc1)c1ccco1. The van der Waals surface area contributed by atoms with E-state index < -0.39 is 0 Å². The fourth-order valence-electron chi connectivity index (χ4n) is 1.93. The van der Waals surface area contributed by atoms with E-state index in [1.165, 1.54) is 0 Å². The molecule has 2 aromatic carbocycles. The summed E-state index contributed by atoms with van der Waals surface area (Å²) in [6, 6.07) is 21.1. The topological polar surface area (TPSA) is 22.4 Å². The molecule has 0 bridgehead atoms. The molecule has 2 nitrogen and oxygen atoms in total. The summed E-state index contributed by atoms with van der Waals surface area (Å²) in [6.45, 7) is 0. The molecule has 0 saturated heterocycles. The van der Waals surface area contributed by atoms with Gasteiger partial charge in [0.25, 0.3) is 0 Å². The Morgan fingerprint density at radius 2 is 1.50 bits per heavy atom. The molecule has 3 aromatic rings. The van der Waals surface area contributed by atoms with Crippen LogP contribution in [0.15, 0.2) is 77.4 Å². The number of hydrogen-bond acceptors (Lipinski definition) is 2. The summed E-state index contributed by atoms with van der Waals surface area (Å²) < 4.78 is 11.0. The van der Waals surface area contributed by atoms with Gasteiger partial charge in [-0.1, -0.05) is 30.3 Å². The number of ether oxygens (including phenoxy) is 1. The van der Waals surface area contributed by atoms with Gasteiger partial charge in [0.2, 0.25) is 0 Å². The second kappa shape index (κ2) is 5.85. The van der Waals surface area contributed by atoms with Gasteiger partial charge in [0.05, 0.1) is 6.26 Å². The first kappa shape index (κ1) is 12.8. The summed E-state index contributed by atoms with van der Waals surface area (Å²) >= 11 is 6.35. The molecule has 0 fully saturated rings. The standard InChI is InChI=1S/C17H13ClO2/c18-17(16-7-4-12-19-16)13-8-10-15(11-9-13)20-14-5-2-1-3-6-14/h1-12,17H. The molecular formula is C17H13ClO2. The maximum atomic E-state index is 6.35. The van der Waals surface area contributed by atoms with Gasteiger partial charge in [-0.25, -0.2) is 0 Å². The number of furan rings is 1. The molecule has 0 radical (unpaired) electrons. The maximum absolute atomic E-state index is 6.35. The fourth-order valence-corrected chi connectivity index (χ4v) is 2.20. The van der Waals surface area contributed by atoms with E-state index in [9.17, 15) is 0 Å². The van der Waals surface area contributed by atoms with E-state index in [1.807, 2.05) is 66.7 Å². The highest BCUT2D eigenvalue weighted by atomic mass is 35.5. The molecule has 0 aliphatic heterocycles. The van der Waals surface area contributed by atoms with Gasteiger partial charge in [0, 0.05) is 0 Å². The Kier molecular flexibility index (Phi) is 3.75. The summed E-state index contributed by atoms with van der Waals surface area (Å²) in [6.07, 6.45) is 1.62. The van der Waals surface area contributed by atoms with Crippen molar-refractivity contribution in [3.63, 3.8) is 0 Å². The fraction of sp³-hybridized carbons (Fsp3) is 0.0588. The zero-order valence-corrected chi connectivity index (χ0v) is 11.5. The summed E-state index contributed by atoms with van der Waals surface area (Å²) in [7, 11) is 0. The Morgan fingerprint density at radius 1 is 0.800 bits per heavy atom. The van der Waals surface area contributed by atoms with Crippen LogP contribution in [0.2, 0.25) is 0 Å². The first-order valence-corrected chi connectivity index (χ1v) is 6.77. The Hall–Kier alpha value is -2.19. The summed E-state index contributed by atoms with van der Waals surface area (Å²) in [5.41, 5.74) is 0.974. The maximum Gasteiger partial charge on any atom is 0.127 e. The van der Waals surface area contributed by atoms with E-state index in [-0.39, 0.29) is 5.38 Å². The van der Waals surface area contributed by atoms with E-state index >= 15 is 0 Å². The Labute approximate surface area is 122 Å². The van der Waals surface area contributed by atoms with Crippen molar-refractivity contribution in [1.82, 2.24) is 0 Å². The van der Waals surface area contributed by atoms with Crippen LogP contribution in [-0.4, -0.2) is 0 Å². The lowest BCUT2D eigenvalue weighted by molar-refractivity contribution is 0.482. The Bertz CT molecular complexity index is 645. The summed E-state index contributed by atoms with van der Waals surface area (Å²) in [5, 5.41) is -0.282. The minimum atomic E-state index is -0.282. The number of alkyl halides is 1. The number of hydrogen-bond donors (Lipinski definition) is 0. The van der Waals surface area contributed by atoms with Crippen LogP contribution in [0.4, 0.5) is 0 Å². The quantitative estimate of drug-likeness (QED) is 0.599. The molecule has 0 aliphatic carbocycles. The highest BCUT2D eigenvalue weighted by Gasteiger charge is 2.13. The van der Waals surface area contributed by atoms with Crippen LogP contribution in [-0.2, 0) is 0 Å². The zero-order valence-electron chi connectivity index (χ0n) is 10.7. The highest BCUT2D eigenvalue weighted by Crippen LogP contribution is 2.31. The minimum Gasteiger partial charge on any atom is -0.467 e. The third-order valence-electron chi connectivity index (χ3n) is 2.94. The largest absolute Gasteiger partial charge is 0.467 e. The van der Waals surface area contributed by atoms with Crippen LogP contribution in [0.3, 0.4) is 0 Å².